The second-order valence-electron chi connectivity index (χ2n) is 9.60. The first-order valence-electron chi connectivity index (χ1n) is 12.8. The summed E-state index contributed by atoms with van der Waals surface area (Å²) >= 11 is 1.61. The molecule has 1 aromatic carbocycles. The van der Waals surface area contributed by atoms with Gasteiger partial charge in [-0.15, -0.1) is 11.3 Å². The van der Waals surface area contributed by atoms with Crippen molar-refractivity contribution in [1.82, 2.24) is 15.2 Å². The van der Waals surface area contributed by atoms with Gasteiger partial charge >= 0.3 is 0 Å². The van der Waals surface area contributed by atoms with Crippen LogP contribution in [0.2, 0.25) is 0 Å². The van der Waals surface area contributed by atoms with Crippen LogP contribution in [0.1, 0.15) is 93.5 Å². The van der Waals surface area contributed by atoms with Gasteiger partial charge in [-0.05, 0) is 30.4 Å². The molecule has 1 aromatic heterocycles. The SMILES string of the molecule is C.CC.CC.Cc1ncsc1-c1ccc([C@H](C)NC(=O)[C@@H]2C[C@@H](O)CN2C(=O)[C@@H](C)C(C)(C)C)cc1. The molecule has 0 saturated carbocycles. The van der Waals surface area contributed by atoms with Crippen LogP contribution in [-0.4, -0.2) is 45.5 Å². The lowest BCUT2D eigenvalue weighted by molar-refractivity contribution is -0.144. The predicted molar refractivity (Wildman–Crippen MR) is 153 cm³/mol. The summed E-state index contributed by atoms with van der Waals surface area (Å²) in [6.07, 6.45) is -0.408. The number of aliphatic hydroxyl groups is 1. The number of β-amino-alcohol motifs (C(OH)–C–C–N with tert-alkyl or cyclic N) is 1. The van der Waals surface area contributed by atoms with E-state index < -0.39 is 12.1 Å². The molecule has 1 aliphatic rings. The monoisotopic (exact) mass is 519 g/mol. The van der Waals surface area contributed by atoms with E-state index >= 15 is 0 Å². The smallest absolute Gasteiger partial charge is 0.243 e. The number of benzene rings is 1. The molecule has 0 aliphatic carbocycles. The van der Waals surface area contributed by atoms with Crippen molar-refractivity contribution in [2.75, 3.05) is 6.54 Å². The van der Waals surface area contributed by atoms with Gasteiger partial charge in [0.15, 0.2) is 0 Å². The van der Waals surface area contributed by atoms with E-state index in [1.807, 2.05) is 99.0 Å². The quantitative estimate of drug-likeness (QED) is 0.464. The lowest BCUT2D eigenvalue weighted by Crippen LogP contribution is -2.49. The van der Waals surface area contributed by atoms with Gasteiger partial charge in [0.1, 0.15) is 6.04 Å². The van der Waals surface area contributed by atoms with Crippen LogP contribution in [0.5, 0.6) is 0 Å². The van der Waals surface area contributed by atoms with Gasteiger partial charge in [0.2, 0.25) is 11.8 Å². The Morgan fingerprint density at radius 1 is 1.11 bits per heavy atom. The molecule has 36 heavy (non-hydrogen) atoms. The molecule has 1 fully saturated rings. The van der Waals surface area contributed by atoms with Crippen molar-refractivity contribution >= 4 is 23.2 Å². The van der Waals surface area contributed by atoms with Crippen molar-refractivity contribution in [3.8, 4) is 10.4 Å². The van der Waals surface area contributed by atoms with E-state index in [2.05, 4.69) is 10.3 Å². The highest BCUT2D eigenvalue weighted by Crippen LogP contribution is 2.31. The van der Waals surface area contributed by atoms with E-state index in [0.717, 1.165) is 21.7 Å². The highest BCUT2D eigenvalue weighted by atomic mass is 32.1. The normalized spacial score (nSPS) is 18.5. The number of likely N-dealkylation sites (tertiary alicyclic amines) is 1. The second-order valence-corrected chi connectivity index (χ2v) is 10.5. The van der Waals surface area contributed by atoms with Crippen molar-refractivity contribution in [2.24, 2.45) is 11.3 Å². The van der Waals surface area contributed by atoms with E-state index in [1.165, 1.54) is 0 Å². The Balaban J connectivity index is 0.00000233. The molecule has 0 spiro atoms. The summed E-state index contributed by atoms with van der Waals surface area (Å²) in [4.78, 5) is 33.0. The number of rotatable bonds is 5. The zero-order valence-electron chi connectivity index (χ0n) is 23.2. The lowest BCUT2D eigenvalue weighted by Gasteiger charge is -2.33. The van der Waals surface area contributed by atoms with E-state index in [1.54, 1.807) is 16.2 Å². The fraction of sp³-hybridized carbons (Fsp3) is 0.621. The molecule has 3 rings (SSSR count). The molecule has 1 saturated heterocycles. The first-order valence-corrected chi connectivity index (χ1v) is 13.7. The lowest BCUT2D eigenvalue weighted by atomic mass is 9.81. The molecule has 1 aliphatic heterocycles. The highest BCUT2D eigenvalue weighted by Gasteiger charge is 2.42. The van der Waals surface area contributed by atoms with Gasteiger partial charge in [-0.2, -0.15) is 0 Å². The minimum Gasteiger partial charge on any atom is -0.391 e. The van der Waals surface area contributed by atoms with Crippen LogP contribution >= 0.6 is 11.3 Å². The number of thiazole rings is 1. The maximum Gasteiger partial charge on any atom is 0.243 e. The molecule has 204 valence electrons. The Hall–Kier alpha value is -2.25. The molecule has 0 radical (unpaired) electrons. The fourth-order valence-corrected chi connectivity index (χ4v) is 4.63. The van der Waals surface area contributed by atoms with Crippen LogP contribution in [0.25, 0.3) is 10.4 Å². The molecule has 2 N–H and O–H groups in total. The Bertz CT molecular complexity index is 934. The van der Waals surface area contributed by atoms with Crippen molar-refractivity contribution < 1.29 is 14.7 Å². The molecule has 6 nitrogen and oxygen atoms in total. The van der Waals surface area contributed by atoms with Crippen LogP contribution in [0.3, 0.4) is 0 Å². The van der Waals surface area contributed by atoms with Crippen LogP contribution in [0, 0.1) is 18.3 Å². The van der Waals surface area contributed by atoms with Crippen LogP contribution < -0.4 is 5.32 Å². The molecule has 0 unspecified atom stereocenters. The first kappa shape index (κ1) is 33.8. The summed E-state index contributed by atoms with van der Waals surface area (Å²) in [5.41, 5.74) is 4.73. The van der Waals surface area contributed by atoms with E-state index in [9.17, 15) is 14.7 Å². The number of carbonyl (C=O) groups is 2. The molecule has 0 bridgehead atoms. The van der Waals surface area contributed by atoms with Gasteiger partial charge in [0, 0.05) is 18.9 Å². The van der Waals surface area contributed by atoms with Gasteiger partial charge in [-0.25, -0.2) is 4.98 Å². The third-order valence-electron chi connectivity index (χ3n) is 6.31. The topological polar surface area (TPSA) is 82.5 Å². The third-order valence-corrected chi connectivity index (χ3v) is 7.29. The van der Waals surface area contributed by atoms with Crippen LogP contribution in [0.15, 0.2) is 29.8 Å². The number of amides is 2. The van der Waals surface area contributed by atoms with Crippen molar-refractivity contribution in [3.63, 3.8) is 0 Å². The highest BCUT2D eigenvalue weighted by molar-refractivity contribution is 7.13. The summed E-state index contributed by atoms with van der Waals surface area (Å²) in [7, 11) is 0. The Kier molecular flexibility index (Phi) is 14.2. The molecule has 4 atom stereocenters. The molecule has 7 heteroatoms. The second kappa shape index (κ2) is 15.1. The van der Waals surface area contributed by atoms with Gasteiger partial charge in [-0.1, -0.05) is 87.1 Å². The van der Waals surface area contributed by atoms with Crippen molar-refractivity contribution in [2.45, 2.75) is 101 Å². The molecular weight excluding hydrogens is 470 g/mol. The number of aliphatic hydroxyl groups excluding tert-OH is 1. The van der Waals surface area contributed by atoms with E-state index in [0.29, 0.717) is 0 Å². The Morgan fingerprint density at radius 2 is 1.67 bits per heavy atom. The average Bonchev–Trinajstić information content (AvgIpc) is 3.45. The number of hydrogen-bond donors (Lipinski definition) is 2. The van der Waals surface area contributed by atoms with E-state index in [4.69, 9.17) is 0 Å². The van der Waals surface area contributed by atoms with Crippen molar-refractivity contribution in [3.05, 3.63) is 41.0 Å². The fourth-order valence-electron chi connectivity index (χ4n) is 3.82. The van der Waals surface area contributed by atoms with E-state index in [-0.39, 0.29) is 49.6 Å². The van der Waals surface area contributed by atoms with Gasteiger partial charge in [-0.3, -0.25) is 9.59 Å². The zero-order valence-corrected chi connectivity index (χ0v) is 24.0. The standard InChI is InChI=1S/C24H33N3O3S.2C2H6.CH4/c1-14(24(4,5)6)23(30)27-12-19(28)11-20(27)22(29)26-15(2)17-7-9-18(10-8-17)21-16(3)25-13-31-21;2*1-2;/h7-10,13-15,19-20,28H,11-12H2,1-6H3,(H,26,29);2*1-2H3;1H4/t14-,15+,19-,20+;;;/m1.../s1. The minimum atomic E-state index is -0.677. The van der Waals surface area contributed by atoms with Crippen LogP contribution in [0.4, 0.5) is 0 Å². The van der Waals surface area contributed by atoms with Crippen molar-refractivity contribution in [1.29, 1.82) is 0 Å². The number of aryl methyl sites for hydroxylation is 1. The van der Waals surface area contributed by atoms with Gasteiger partial charge in [0.25, 0.3) is 0 Å². The predicted octanol–water partition coefficient (Wildman–Crippen LogP) is 6.63. The van der Waals surface area contributed by atoms with Crippen LogP contribution in [-0.2, 0) is 9.59 Å². The van der Waals surface area contributed by atoms with Gasteiger partial charge in [0.05, 0.1) is 28.2 Å². The number of nitrogens with zero attached hydrogens (tertiary/aromatic N) is 2. The number of hydrogen-bond acceptors (Lipinski definition) is 5. The Labute approximate surface area is 223 Å². The number of nitrogens with one attached hydrogen (secondary N) is 1. The molecule has 2 heterocycles. The largest absolute Gasteiger partial charge is 0.391 e. The third kappa shape index (κ3) is 8.41. The molecule has 2 amide bonds. The average molecular weight is 520 g/mol. The van der Waals surface area contributed by atoms with Gasteiger partial charge < -0.3 is 15.3 Å². The minimum absolute atomic E-state index is 0. The number of carbonyl (C=O) groups excluding carboxylic acids is 2. The summed E-state index contributed by atoms with van der Waals surface area (Å²) in [5, 5.41) is 13.2. The molecular formula is C29H49N3O3S. The zero-order chi connectivity index (χ0) is 26.9. The molecule has 2 aromatic rings. The summed E-state index contributed by atoms with van der Waals surface area (Å²) in [6.45, 7) is 20.0. The summed E-state index contributed by atoms with van der Waals surface area (Å²) < 4.78 is 0. The maximum atomic E-state index is 13.0. The maximum absolute atomic E-state index is 13.0. The first-order chi connectivity index (χ1) is 16.5. The Morgan fingerprint density at radius 3 is 2.14 bits per heavy atom. The number of aromatic nitrogens is 1. The summed E-state index contributed by atoms with van der Waals surface area (Å²) in [6, 6.07) is 7.24. The summed E-state index contributed by atoms with van der Waals surface area (Å²) in [5.74, 6) is -0.546.